The minimum Gasteiger partial charge on any atom is -0.472 e. The summed E-state index contributed by atoms with van der Waals surface area (Å²) in [6, 6.07) is 0. The van der Waals surface area contributed by atoms with E-state index in [0.29, 0.717) is 5.39 Å². The van der Waals surface area contributed by atoms with Crippen LogP contribution in [0.1, 0.15) is 18.7 Å². The van der Waals surface area contributed by atoms with E-state index in [0.717, 1.165) is 0 Å². The maximum atomic E-state index is 10.7. The van der Waals surface area contributed by atoms with Gasteiger partial charge < -0.3 is 35.5 Å². The van der Waals surface area contributed by atoms with Gasteiger partial charge in [-0.3, -0.25) is 0 Å². The number of nitrogens with two attached hydrogens (primary N) is 1. The molecule has 10 heteroatoms. The van der Waals surface area contributed by atoms with Crippen molar-refractivity contribution in [3.63, 3.8) is 0 Å². The lowest BCUT2D eigenvalue weighted by atomic mass is 9.96. The molecule has 0 spiro atoms. The molecular weight excluding hydrogens is 332 g/mol. The molecule has 10 nitrogen and oxygen atoms in total. The summed E-state index contributed by atoms with van der Waals surface area (Å²) in [5, 5.41) is 39.1. The molecule has 0 aromatic carbocycles. The highest BCUT2D eigenvalue weighted by Gasteiger charge is 2.53. The first kappa shape index (κ1) is 17.1. The fourth-order valence-electron chi connectivity index (χ4n) is 2.89. The van der Waals surface area contributed by atoms with Gasteiger partial charge in [0.1, 0.15) is 35.6 Å². The molecule has 0 aliphatic carbocycles. The Labute approximate surface area is 141 Å². The van der Waals surface area contributed by atoms with Crippen molar-refractivity contribution in [1.82, 2.24) is 14.5 Å². The first-order valence-corrected chi connectivity index (χ1v) is 7.30. The molecule has 3 rings (SSSR count). The number of nitrogens with zero attached hydrogens (tertiary/aromatic N) is 3. The number of carboxylic acids is 1. The van der Waals surface area contributed by atoms with E-state index in [1.807, 2.05) is 5.92 Å². The quantitative estimate of drug-likeness (QED) is 0.404. The van der Waals surface area contributed by atoms with Crippen LogP contribution in [0.5, 0.6) is 0 Å². The predicted octanol–water partition coefficient (Wildman–Crippen LogP) is -1.55. The summed E-state index contributed by atoms with van der Waals surface area (Å²) in [5.74, 6) is 3.20. The summed E-state index contributed by atoms with van der Waals surface area (Å²) in [7, 11) is 0. The molecule has 0 saturated carbocycles. The van der Waals surface area contributed by atoms with Gasteiger partial charge in [0.15, 0.2) is 6.23 Å². The highest BCUT2D eigenvalue weighted by molar-refractivity contribution is 5.94. The van der Waals surface area contributed by atoms with Gasteiger partial charge in [0.25, 0.3) is 0 Å². The first-order chi connectivity index (χ1) is 11.8. The molecule has 25 heavy (non-hydrogen) atoms. The number of aliphatic carboxylic acids is 1. The van der Waals surface area contributed by atoms with Crippen LogP contribution in [-0.4, -0.2) is 65.3 Å². The van der Waals surface area contributed by atoms with Crippen LogP contribution in [0.3, 0.4) is 0 Å². The molecular formula is C15H16N4O6. The van der Waals surface area contributed by atoms with Gasteiger partial charge in [-0.2, -0.15) is 0 Å². The van der Waals surface area contributed by atoms with Crippen molar-refractivity contribution in [2.24, 2.45) is 0 Å². The maximum absolute atomic E-state index is 10.7. The molecule has 1 aliphatic heterocycles. The van der Waals surface area contributed by atoms with Gasteiger partial charge in [0, 0.05) is 12.1 Å². The lowest BCUT2D eigenvalue weighted by molar-refractivity contribution is -0.130. The Morgan fingerprint density at radius 1 is 1.52 bits per heavy atom. The molecule has 2 aromatic rings. The fraction of sp³-hybridized carbons (Fsp3) is 0.400. The highest BCUT2D eigenvalue weighted by atomic mass is 16.6. The summed E-state index contributed by atoms with van der Waals surface area (Å²) < 4.78 is 6.95. The van der Waals surface area contributed by atoms with Crippen molar-refractivity contribution < 1.29 is 30.0 Å². The molecule has 1 saturated heterocycles. The Hall–Kier alpha value is -2.71. The van der Waals surface area contributed by atoms with E-state index >= 15 is 0 Å². The van der Waals surface area contributed by atoms with E-state index in [4.69, 9.17) is 15.6 Å². The third-order valence-corrected chi connectivity index (χ3v) is 4.13. The lowest BCUT2D eigenvalue weighted by Gasteiger charge is -2.27. The van der Waals surface area contributed by atoms with Gasteiger partial charge >= 0.3 is 5.97 Å². The monoisotopic (exact) mass is 348 g/mol. The second-order valence-electron chi connectivity index (χ2n) is 5.84. The standard InChI is InChI=1S/C15H16N4O6/c1-15(24)11(23)8(5-20)25-14(15)19-4-7(2-3-9(21)22)10-12(16)17-6-18-13(10)19/h4,6,8,11,14,20,23-24H,5H2,1H3,(H,21,22)(H2,16,17,18)/t8?,11-,14?,15-/m1/s1. The van der Waals surface area contributed by atoms with E-state index in [-0.39, 0.29) is 17.0 Å². The summed E-state index contributed by atoms with van der Waals surface area (Å²) in [4.78, 5) is 18.7. The fourth-order valence-corrected chi connectivity index (χ4v) is 2.89. The van der Waals surface area contributed by atoms with Crippen LogP contribution in [0, 0.1) is 11.8 Å². The molecule has 1 aliphatic rings. The third-order valence-electron chi connectivity index (χ3n) is 4.13. The summed E-state index contributed by atoms with van der Waals surface area (Å²) >= 11 is 0. The SMILES string of the molecule is C[C@]1(O)C(n2cc(C#CC(=O)O)c3c(N)ncnc32)OC(CO)[C@H]1O. The van der Waals surface area contributed by atoms with Crippen LogP contribution in [0.2, 0.25) is 0 Å². The van der Waals surface area contributed by atoms with Gasteiger partial charge in [-0.25, -0.2) is 14.8 Å². The molecule has 2 aromatic heterocycles. The number of anilines is 1. The van der Waals surface area contributed by atoms with Crippen molar-refractivity contribution in [3.8, 4) is 11.8 Å². The number of carboxylic acid groups (broad SMARTS) is 1. The molecule has 3 heterocycles. The maximum Gasteiger partial charge on any atom is 0.382 e. The third kappa shape index (κ3) is 2.69. The smallest absolute Gasteiger partial charge is 0.382 e. The van der Waals surface area contributed by atoms with E-state index < -0.39 is 36.6 Å². The zero-order valence-electron chi connectivity index (χ0n) is 13.1. The van der Waals surface area contributed by atoms with Gasteiger partial charge in [-0.15, -0.1) is 0 Å². The van der Waals surface area contributed by atoms with Crippen LogP contribution < -0.4 is 5.73 Å². The minimum absolute atomic E-state index is 0.0790. The molecule has 2 unspecified atom stereocenters. The largest absolute Gasteiger partial charge is 0.472 e. The molecule has 0 bridgehead atoms. The highest BCUT2D eigenvalue weighted by Crippen LogP contribution is 2.40. The number of aliphatic hydroxyl groups is 3. The summed E-state index contributed by atoms with van der Waals surface area (Å²) in [5.41, 5.74) is 4.59. The van der Waals surface area contributed by atoms with Crippen LogP contribution in [0.25, 0.3) is 11.0 Å². The molecule has 0 radical (unpaired) electrons. The van der Waals surface area contributed by atoms with Gasteiger partial charge in [0.05, 0.1) is 17.6 Å². The van der Waals surface area contributed by atoms with Crippen molar-refractivity contribution in [3.05, 3.63) is 18.1 Å². The van der Waals surface area contributed by atoms with Crippen LogP contribution in [0.15, 0.2) is 12.5 Å². The second kappa shape index (κ2) is 5.98. The Morgan fingerprint density at radius 2 is 2.24 bits per heavy atom. The van der Waals surface area contributed by atoms with E-state index in [9.17, 15) is 20.1 Å². The van der Waals surface area contributed by atoms with Gasteiger partial charge in [-0.05, 0) is 6.92 Å². The zero-order chi connectivity index (χ0) is 18.4. The number of carbonyl (C=O) groups is 1. The minimum atomic E-state index is -1.74. The number of rotatable bonds is 2. The molecule has 0 amide bonds. The Bertz CT molecular complexity index is 897. The van der Waals surface area contributed by atoms with Crippen molar-refractivity contribution in [2.75, 3.05) is 12.3 Å². The number of hydrogen-bond donors (Lipinski definition) is 5. The average Bonchev–Trinajstić information content (AvgIpc) is 3.02. The van der Waals surface area contributed by atoms with E-state index in [2.05, 4.69) is 15.9 Å². The molecule has 4 atom stereocenters. The van der Waals surface area contributed by atoms with Crippen LogP contribution in [-0.2, 0) is 9.53 Å². The van der Waals surface area contributed by atoms with Crippen LogP contribution in [0.4, 0.5) is 5.82 Å². The summed E-state index contributed by atoms with van der Waals surface area (Å²) in [6.45, 7) is 0.868. The van der Waals surface area contributed by atoms with E-state index in [1.54, 1.807) is 0 Å². The topological polar surface area (TPSA) is 164 Å². The molecule has 132 valence electrons. The normalized spacial score (nSPS) is 28.7. The number of aliphatic hydroxyl groups excluding tert-OH is 2. The lowest BCUT2D eigenvalue weighted by Crippen LogP contribution is -2.44. The first-order valence-electron chi connectivity index (χ1n) is 7.30. The average molecular weight is 348 g/mol. The molecule has 1 fully saturated rings. The number of fused-ring (bicyclic) bond motifs is 1. The van der Waals surface area contributed by atoms with Crippen LogP contribution >= 0.6 is 0 Å². The number of aromatic nitrogens is 3. The van der Waals surface area contributed by atoms with Gasteiger partial charge in [-0.1, -0.05) is 5.92 Å². The second-order valence-corrected chi connectivity index (χ2v) is 5.84. The Morgan fingerprint density at radius 3 is 2.84 bits per heavy atom. The Kier molecular flexibility index (Phi) is 4.09. The number of hydrogen-bond acceptors (Lipinski definition) is 8. The Balaban J connectivity index is 2.20. The van der Waals surface area contributed by atoms with Crippen molar-refractivity contribution >= 4 is 22.8 Å². The van der Waals surface area contributed by atoms with Crippen molar-refractivity contribution in [2.45, 2.75) is 31.0 Å². The zero-order valence-corrected chi connectivity index (χ0v) is 13.1. The van der Waals surface area contributed by atoms with Gasteiger partial charge in [0.2, 0.25) is 0 Å². The number of nitrogen functional groups attached to an aromatic ring is 1. The number of ether oxygens (including phenoxy) is 1. The molecule has 6 N–H and O–H groups in total. The van der Waals surface area contributed by atoms with Crippen molar-refractivity contribution in [1.29, 1.82) is 0 Å². The summed E-state index contributed by atoms with van der Waals surface area (Å²) in [6.07, 6.45) is -0.821. The van der Waals surface area contributed by atoms with E-state index in [1.165, 1.54) is 24.0 Å². The predicted molar refractivity (Wildman–Crippen MR) is 84.1 cm³/mol.